The molecule has 1 atom stereocenters. The van der Waals surface area contributed by atoms with Gasteiger partial charge >= 0.3 is 0 Å². The van der Waals surface area contributed by atoms with Gasteiger partial charge in [0.2, 0.25) is 10.0 Å². The molecule has 1 aliphatic heterocycles. The van der Waals surface area contributed by atoms with Crippen molar-refractivity contribution < 1.29 is 13.2 Å². The Morgan fingerprint density at radius 1 is 1.33 bits per heavy atom. The predicted molar refractivity (Wildman–Crippen MR) is 82.6 cm³/mol. The van der Waals surface area contributed by atoms with Crippen molar-refractivity contribution in [2.45, 2.75) is 37.3 Å². The molecule has 1 heterocycles. The van der Waals surface area contributed by atoms with Crippen LogP contribution in [-0.2, 0) is 21.3 Å². The molecule has 1 fully saturated rings. The molecule has 0 aliphatic carbocycles. The minimum absolute atomic E-state index is 0.0158. The van der Waals surface area contributed by atoms with Crippen LogP contribution in [0.1, 0.15) is 25.3 Å². The van der Waals surface area contributed by atoms with Gasteiger partial charge in [0.1, 0.15) is 0 Å². The number of nitrogens with zero attached hydrogens (tertiary/aromatic N) is 1. The number of hydrogen-bond acceptors (Lipinski definition) is 4. The van der Waals surface area contributed by atoms with Crippen molar-refractivity contribution in [3.63, 3.8) is 0 Å². The Labute approximate surface area is 127 Å². The Balaban J connectivity index is 2.13. The lowest BCUT2D eigenvalue weighted by Gasteiger charge is -2.31. The van der Waals surface area contributed by atoms with E-state index in [4.69, 9.17) is 4.74 Å². The molecule has 118 valence electrons. The van der Waals surface area contributed by atoms with Crippen LogP contribution < -0.4 is 5.32 Å². The summed E-state index contributed by atoms with van der Waals surface area (Å²) in [7, 11) is -1.54. The van der Waals surface area contributed by atoms with Gasteiger partial charge in [-0.2, -0.15) is 4.31 Å². The minimum Gasteiger partial charge on any atom is -0.377 e. The number of rotatable bonds is 6. The average Bonchev–Trinajstić information content (AvgIpc) is 2.49. The molecular formula is C15H24N2O3S. The number of hydrogen-bond donors (Lipinski definition) is 1. The maximum Gasteiger partial charge on any atom is 0.243 e. The second kappa shape index (κ2) is 7.35. The topological polar surface area (TPSA) is 58.6 Å². The Hall–Kier alpha value is -0.950. The van der Waals surface area contributed by atoms with Crippen LogP contribution in [0.3, 0.4) is 0 Å². The molecule has 0 bridgehead atoms. The highest BCUT2D eigenvalue weighted by Crippen LogP contribution is 2.22. The molecule has 1 N–H and O–H groups in total. The van der Waals surface area contributed by atoms with Gasteiger partial charge in [0, 0.05) is 26.2 Å². The zero-order valence-electron chi connectivity index (χ0n) is 12.7. The van der Waals surface area contributed by atoms with E-state index in [0.29, 0.717) is 24.6 Å². The van der Waals surface area contributed by atoms with Crippen molar-refractivity contribution in [1.29, 1.82) is 0 Å². The molecule has 6 heteroatoms. The van der Waals surface area contributed by atoms with Crippen LogP contribution in [0.5, 0.6) is 0 Å². The highest BCUT2D eigenvalue weighted by Gasteiger charge is 2.30. The van der Waals surface area contributed by atoms with Gasteiger partial charge in [-0.25, -0.2) is 8.42 Å². The van der Waals surface area contributed by atoms with Crippen LogP contribution in [0.2, 0.25) is 0 Å². The SMILES string of the molecule is CCOC1CCCN(S(=O)(=O)c2ccc(CNC)cc2)C1. The maximum atomic E-state index is 12.7. The highest BCUT2D eigenvalue weighted by molar-refractivity contribution is 7.89. The zero-order valence-corrected chi connectivity index (χ0v) is 13.5. The summed E-state index contributed by atoms with van der Waals surface area (Å²) in [4.78, 5) is 0.361. The van der Waals surface area contributed by atoms with Crippen LogP contribution in [0, 0.1) is 0 Å². The fraction of sp³-hybridized carbons (Fsp3) is 0.600. The van der Waals surface area contributed by atoms with Crippen molar-refractivity contribution >= 4 is 10.0 Å². The molecule has 21 heavy (non-hydrogen) atoms. The molecule has 0 spiro atoms. The number of sulfonamides is 1. The van der Waals surface area contributed by atoms with E-state index in [0.717, 1.165) is 24.9 Å². The Morgan fingerprint density at radius 2 is 2.05 bits per heavy atom. The van der Waals surface area contributed by atoms with Crippen molar-refractivity contribution in [2.24, 2.45) is 0 Å². The average molecular weight is 312 g/mol. The van der Waals surface area contributed by atoms with E-state index in [1.54, 1.807) is 16.4 Å². The molecular weight excluding hydrogens is 288 g/mol. The van der Waals surface area contributed by atoms with E-state index >= 15 is 0 Å². The molecule has 0 radical (unpaired) electrons. The third-order valence-corrected chi connectivity index (χ3v) is 5.56. The second-order valence-electron chi connectivity index (χ2n) is 5.26. The summed E-state index contributed by atoms with van der Waals surface area (Å²) in [6, 6.07) is 7.08. The molecule has 1 unspecified atom stereocenters. The summed E-state index contributed by atoms with van der Waals surface area (Å²) < 4.78 is 32.4. The molecule has 5 nitrogen and oxygen atoms in total. The number of nitrogens with one attached hydrogen (secondary N) is 1. The van der Waals surface area contributed by atoms with Crippen molar-refractivity contribution in [1.82, 2.24) is 9.62 Å². The summed E-state index contributed by atoms with van der Waals surface area (Å²) >= 11 is 0. The maximum absolute atomic E-state index is 12.7. The van der Waals surface area contributed by atoms with Gasteiger partial charge in [-0.05, 0) is 44.5 Å². The first kappa shape index (κ1) is 16.4. The monoisotopic (exact) mass is 312 g/mol. The van der Waals surface area contributed by atoms with Gasteiger partial charge in [0.25, 0.3) is 0 Å². The van der Waals surface area contributed by atoms with Gasteiger partial charge in [-0.15, -0.1) is 0 Å². The summed E-state index contributed by atoms with van der Waals surface area (Å²) in [6.07, 6.45) is 1.80. The largest absolute Gasteiger partial charge is 0.377 e. The van der Waals surface area contributed by atoms with E-state index in [9.17, 15) is 8.42 Å². The smallest absolute Gasteiger partial charge is 0.243 e. The van der Waals surface area contributed by atoms with E-state index < -0.39 is 10.0 Å². The zero-order chi connectivity index (χ0) is 15.3. The number of benzene rings is 1. The summed E-state index contributed by atoms with van der Waals surface area (Å²) in [6.45, 7) is 4.32. The first-order valence-electron chi connectivity index (χ1n) is 7.43. The standard InChI is InChI=1S/C15H24N2O3S/c1-3-20-14-5-4-10-17(12-14)21(18,19)15-8-6-13(7-9-15)11-16-2/h6-9,14,16H,3-5,10-12H2,1-2H3. The van der Waals surface area contributed by atoms with Gasteiger partial charge in [-0.1, -0.05) is 12.1 Å². The molecule has 1 aromatic rings. The number of ether oxygens (including phenoxy) is 1. The van der Waals surface area contributed by atoms with Crippen LogP contribution in [0.15, 0.2) is 29.2 Å². The fourth-order valence-electron chi connectivity index (χ4n) is 2.63. The van der Waals surface area contributed by atoms with Gasteiger partial charge in [0.05, 0.1) is 11.0 Å². The van der Waals surface area contributed by atoms with E-state index in [1.165, 1.54) is 0 Å². The summed E-state index contributed by atoms with van der Waals surface area (Å²) in [5.41, 5.74) is 1.07. The van der Waals surface area contributed by atoms with Crippen LogP contribution in [0.25, 0.3) is 0 Å². The van der Waals surface area contributed by atoms with E-state index in [1.807, 2.05) is 26.1 Å². The predicted octanol–water partition coefficient (Wildman–Crippen LogP) is 1.60. The quantitative estimate of drug-likeness (QED) is 0.867. The first-order chi connectivity index (χ1) is 10.1. The number of piperidine rings is 1. The van der Waals surface area contributed by atoms with Crippen LogP contribution >= 0.6 is 0 Å². The van der Waals surface area contributed by atoms with Crippen molar-refractivity contribution in [3.8, 4) is 0 Å². The highest BCUT2D eigenvalue weighted by atomic mass is 32.2. The lowest BCUT2D eigenvalue weighted by atomic mass is 10.1. The van der Waals surface area contributed by atoms with Gasteiger partial charge in [-0.3, -0.25) is 0 Å². The Kier molecular flexibility index (Phi) is 5.75. The summed E-state index contributed by atoms with van der Waals surface area (Å²) in [5, 5.41) is 3.05. The van der Waals surface area contributed by atoms with Crippen LogP contribution in [-0.4, -0.2) is 45.6 Å². The molecule has 0 amide bonds. The molecule has 0 aromatic heterocycles. The van der Waals surface area contributed by atoms with Crippen LogP contribution in [0.4, 0.5) is 0 Å². The molecule has 1 saturated heterocycles. The Bertz CT molecular complexity index is 541. The van der Waals surface area contributed by atoms with E-state index in [-0.39, 0.29) is 6.10 Å². The normalized spacial score (nSPS) is 20.6. The van der Waals surface area contributed by atoms with Gasteiger partial charge in [0.15, 0.2) is 0 Å². The van der Waals surface area contributed by atoms with Gasteiger partial charge < -0.3 is 10.1 Å². The first-order valence-corrected chi connectivity index (χ1v) is 8.87. The van der Waals surface area contributed by atoms with E-state index in [2.05, 4.69) is 5.32 Å². The fourth-order valence-corrected chi connectivity index (χ4v) is 4.14. The lowest BCUT2D eigenvalue weighted by Crippen LogP contribution is -2.43. The Morgan fingerprint density at radius 3 is 2.67 bits per heavy atom. The minimum atomic E-state index is -3.41. The molecule has 1 aliphatic rings. The second-order valence-corrected chi connectivity index (χ2v) is 7.19. The van der Waals surface area contributed by atoms with Crippen molar-refractivity contribution in [3.05, 3.63) is 29.8 Å². The van der Waals surface area contributed by atoms with Crippen molar-refractivity contribution in [2.75, 3.05) is 26.7 Å². The molecule has 1 aromatic carbocycles. The molecule has 0 saturated carbocycles. The third kappa shape index (κ3) is 4.03. The lowest BCUT2D eigenvalue weighted by molar-refractivity contribution is 0.0265. The summed E-state index contributed by atoms with van der Waals surface area (Å²) in [5.74, 6) is 0. The third-order valence-electron chi connectivity index (χ3n) is 3.69. The molecule has 2 rings (SSSR count).